The van der Waals surface area contributed by atoms with Gasteiger partial charge in [-0.25, -0.2) is 19.4 Å². The summed E-state index contributed by atoms with van der Waals surface area (Å²) >= 11 is 1.51. The Labute approximate surface area is 194 Å². The first kappa shape index (κ1) is 21.4. The summed E-state index contributed by atoms with van der Waals surface area (Å²) in [6.07, 6.45) is 6.69. The molecule has 0 radical (unpaired) electrons. The minimum absolute atomic E-state index is 0.0929. The number of aryl methyl sites for hydroxylation is 1. The lowest BCUT2D eigenvalue weighted by Crippen LogP contribution is -2.43. The van der Waals surface area contributed by atoms with Crippen LogP contribution in [-0.4, -0.2) is 49.9 Å². The van der Waals surface area contributed by atoms with Gasteiger partial charge in [0.1, 0.15) is 5.54 Å². The molecule has 0 spiro atoms. The normalized spacial score (nSPS) is 21.9. The van der Waals surface area contributed by atoms with Crippen molar-refractivity contribution in [2.45, 2.75) is 18.9 Å². The number of hydrogen-bond donors (Lipinski definition) is 1. The van der Waals surface area contributed by atoms with E-state index >= 15 is 0 Å². The Balaban J connectivity index is 1.49. The third kappa shape index (κ3) is 4.06. The number of hydrogen-bond acceptors (Lipinski definition) is 8. The molecule has 1 unspecified atom stereocenters. The van der Waals surface area contributed by atoms with Crippen molar-refractivity contribution in [2.75, 3.05) is 23.7 Å². The van der Waals surface area contributed by atoms with Crippen molar-refractivity contribution >= 4 is 28.8 Å². The van der Waals surface area contributed by atoms with E-state index in [-0.39, 0.29) is 11.8 Å². The predicted molar refractivity (Wildman–Crippen MR) is 125 cm³/mol. The van der Waals surface area contributed by atoms with Crippen molar-refractivity contribution in [1.29, 1.82) is 0 Å². The minimum Gasteiger partial charge on any atom is -0.338 e. The van der Waals surface area contributed by atoms with Crippen LogP contribution < -0.4 is 10.2 Å². The molecule has 10 heteroatoms. The van der Waals surface area contributed by atoms with Gasteiger partial charge in [-0.05, 0) is 18.6 Å². The number of aromatic nitrogens is 4. The van der Waals surface area contributed by atoms with Crippen LogP contribution in [-0.2, 0) is 12.0 Å². The summed E-state index contributed by atoms with van der Waals surface area (Å²) in [6.45, 7) is 2.96. The first-order chi connectivity index (χ1) is 16.1. The summed E-state index contributed by atoms with van der Waals surface area (Å²) in [6, 6.07) is 9.04. The first-order valence-corrected chi connectivity index (χ1v) is 11.7. The highest BCUT2D eigenvalue weighted by molar-refractivity contribution is 8.13. The van der Waals surface area contributed by atoms with Crippen molar-refractivity contribution in [3.05, 3.63) is 77.9 Å². The summed E-state index contributed by atoms with van der Waals surface area (Å²) in [4.78, 5) is 37.3. The van der Waals surface area contributed by atoms with E-state index in [1.165, 1.54) is 18.0 Å². The molecule has 0 saturated carbocycles. The predicted octanol–water partition coefficient (Wildman–Crippen LogP) is 2.83. The lowest BCUT2D eigenvalue weighted by Gasteiger charge is -2.34. The van der Waals surface area contributed by atoms with E-state index < -0.39 is 11.4 Å². The van der Waals surface area contributed by atoms with Gasteiger partial charge in [0, 0.05) is 36.2 Å². The fourth-order valence-electron chi connectivity index (χ4n) is 4.25. The largest absolute Gasteiger partial charge is 0.338 e. The maximum Gasteiger partial charge on any atom is 0.257 e. The maximum atomic E-state index is 14.0. The van der Waals surface area contributed by atoms with Crippen molar-refractivity contribution in [3.63, 3.8) is 0 Å². The molecule has 3 aromatic rings. The SMILES string of the molecule is CCc1nc(N2C[C@H]3CSC(NC(=O)c4ccccc4)=NC3(c3cnccn3)C2)ncc1F. The molecule has 2 aliphatic rings. The van der Waals surface area contributed by atoms with Crippen molar-refractivity contribution in [3.8, 4) is 0 Å². The molecular weight excluding hydrogens is 441 g/mol. The molecule has 1 saturated heterocycles. The molecule has 0 bridgehead atoms. The number of benzene rings is 1. The van der Waals surface area contributed by atoms with Gasteiger partial charge in [-0.3, -0.25) is 14.8 Å². The van der Waals surface area contributed by atoms with E-state index in [2.05, 4.69) is 25.3 Å². The quantitative estimate of drug-likeness (QED) is 0.636. The van der Waals surface area contributed by atoms with Crippen LogP contribution in [0.5, 0.6) is 0 Å². The molecule has 2 atom stereocenters. The molecule has 2 aliphatic heterocycles. The van der Waals surface area contributed by atoms with Gasteiger partial charge in [0.2, 0.25) is 5.95 Å². The van der Waals surface area contributed by atoms with E-state index in [4.69, 9.17) is 4.99 Å². The highest BCUT2D eigenvalue weighted by atomic mass is 32.2. The van der Waals surface area contributed by atoms with E-state index in [1.54, 1.807) is 30.7 Å². The third-order valence-corrected chi connectivity index (χ3v) is 6.99. The van der Waals surface area contributed by atoms with E-state index in [9.17, 15) is 9.18 Å². The topological polar surface area (TPSA) is 96.3 Å². The fraction of sp³-hybridized carbons (Fsp3) is 0.304. The van der Waals surface area contributed by atoms with Gasteiger partial charge in [-0.1, -0.05) is 36.9 Å². The zero-order valence-electron chi connectivity index (χ0n) is 18.0. The van der Waals surface area contributed by atoms with Crippen LogP contribution in [0.3, 0.4) is 0 Å². The number of nitrogens with zero attached hydrogens (tertiary/aromatic N) is 6. The van der Waals surface area contributed by atoms with Crippen molar-refractivity contribution in [1.82, 2.24) is 25.3 Å². The molecule has 1 fully saturated rings. The minimum atomic E-state index is -0.719. The standard InChI is InChI=1S/C23H22FN7OS/c1-2-18-17(24)10-27-21(28-18)31-12-16-13-33-22(29-20(32)15-6-4-3-5-7-15)30-23(16,14-31)19-11-25-8-9-26-19/h3-11,16H,2,12-14H2,1H3,(H,29,30,32)/t16-,23?/m0/s1. The highest BCUT2D eigenvalue weighted by Crippen LogP contribution is 2.45. The number of aliphatic imine (C=N–C) groups is 1. The third-order valence-electron chi connectivity index (χ3n) is 5.96. The van der Waals surface area contributed by atoms with Crippen LogP contribution in [0.25, 0.3) is 0 Å². The van der Waals surface area contributed by atoms with Gasteiger partial charge in [-0.2, -0.15) is 0 Å². The van der Waals surface area contributed by atoms with Crippen LogP contribution in [0.15, 0.2) is 60.1 Å². The number of carbonyl (C=O) groups is 1. The van der Waals surface area contributed by atoms with Crippen LogP contribution in [0.2, 0.25) is 0 Å². The summed E-state index contributed by atoms with van der Waals surface area (Å²) in [7, 11) is 0. The number of carbonyl (C=O) groups excluding carboxylic acids is 1. The number of anilines is 1. The Morgan fingerprint density at radius 3 is 2.85 bits per heavy atom. The van der Waals surface area contributed by atoms with Crippen LogP contribution >= 0.6 is 11.8 Å². The van der Waals surface area contributed by atoms with Crippen LogP contribution in [0.1, 0.15) is 28.7 Å². The monoisotopic (exact) mass is 463 g/mol. The Kier molecular flexibility index (Phi) is 5.76. The van der Waals surface area contributed by atoms with E-state index in [0.717, 1.165) is 11.4 Å². The molecule has 1 aromatic carbocycles. The smallest absolute Gasteiger partial charge is 0.257 e. The highest BCUT2D eigenvalue weighted by Gasteiger charge is 2.52. The van der Waals surface area contributed by atoms with Gasteiger partial charge >= 0.3 is 0 Å². The summed E-state index contributed by atoms with van der Waals surface area (Å²) in [5.41, 5.74) is 0.957. The van der Waals surface area contributed by atoms with Crippen molar-refractivity contribution < 1.29 is 9.18 Å². The average Bonchev–Trinajstić information content (AvgIpc) is 3.25. The number of amides is 1. The lowest BCUT2D eigenvalue weighted by atomic mass is 9.86. The molecule has 1 N–H and O–H groups in total. The summed E-state index contributed by atoms with van der Waals surface area (Å²) < 4.78 is 14.0. The average molecular weight is 464 g/mol. The second-order valence-electron chi connectivity index (χ2n) is 7.96. The molecule has 8 nitrogen and oxygen atoms in total. The number of amidine groups is 1. The number of rotatable bonds is 4. The molecule has 0 aliphatic carbocycles. The Morgan fingerprint density at radius 1 is 1.24 bits per heavy atom. The summed E-state index contributed by atoms with van der Waals surface area (Å²) in [5.74, 6) is 0.680. The van der Waals surface area contributed by atoms with Crippen molar-refractivity contribution in [2.24, 2.45) is 10.9 Å². The van der Waals surface area contributed by atoms with E-state index in [0.29, 0.717) is 41.9 Å². The molecular formula is C23H22FN7OS. The Morgan fingerprint density at radius 2 is 2.09 bits per heavy atom. The van der Waals surface area contributed by atoms with Gasteiger partial charge in [0.05, 0.1) is 30.3 Å². The van der Waals surface area contributed by atoms with Crippen LogP contribution in [0.4, 0.5) is 10.3 Å². The number of thioether (sulfide) groups is 1. The molecule has 168 valence electrons. The molecule has 5 rings (SSSR count). The number of fused-ring (bicyclic) bond motifs is 1. The molecule has 2 aromatic heterocycles. The summed E-state index contributed by atoms with van der Waals surface area (Å²) in [5, 5.41) is 3.49. The fourth-order valence-corrected chi connectivity index (χ4v) is 5.38. The van der Waals surface area contributed by atoms with E-state index in [1.807, 2.05) is 30.0 Å². The van der Waals surface area contributed by atoms with Gasteiger partial charge in [0.25, 0.3) is 5.91 Å². The van der Waals surface area contributed by atoms with Gasteiger partial charge < -0.3 is 10.2 Å². The maximum absolute atomic E-state index is 14.0. The second-order valence-corrected chi connectivity index (χ2v) is 8.97. The van der Waals surface area contributed by atoms with Gasteiger partial charge in [-0.15, -0.1) is 0 Å². The first-order valence-electron chi connectivity index (χ1n) is 10.7. The zero-order chi connectivity index (χ0) is 22.8. The van der Waals surface area contributed by atoms with Gasteiger partial charge in [0.15, 0.2) is 11.0 Å². The lowest BCUT2D eigenvalue weighted by molar-refractivity contribution is 0.0977. The Bertz CT molecular complexity index is 1190. The number of nitrogens with one attached hydrogen (secondary N) is 1. The zero-order valence-corrected chi connectivity index (χ0v) is 18.8. The Hall–Kier alpha value is -3.40. The number of halogens is 1. The van der Waals surface area contributed by atoms with Crippen LogP contribution in [0, 0.1) is 11.7 Å². The molecule has 4 heterocycles. The second kappa shape index (κ2) is 8.86. The molecule has 1 amide bonds. The molecule has 33 heavy (non-hydrogen) atoms.